The number of likely N-dealkylation sites (N-methyl/N-ethyl adjacent to an activating group) is 1. The number of nitrogens with zero attached hydrogens (tertiary/aromatic N) is 1. The van der Waals surface area contributed by atoms with E-state index in [0.717, 1.165) is 45.3 Å². The zero-order valence-electron chi connectivity index (χ0n) is 13.6. The predicted octanol–water partition coefficient (Wildman–Crippen LogP) is 4.09. The fourth-order valence-corrected chi connectivity index (χ4v) is 2.81. The van der Waals surface area contributed by atoms with Crippen LogP contribution in [0.25, 0.3) is 0 Å². The molecular formula is C14H32NO4P. The van der Waals surface area contributed by atoms with Gasteiger partial charge in [-0.3, -0.25) is 13.6 Å². The Bertz CT molecular complexity index is 246. The lowest BCUT2D eigenvalue weighted by Crippen LogP contribution is -2.27. The Labute approximate surface area is 124 Å². The molecule has 20 heavy (non-hydrogen) atoms. The molecule has 0 fully saturated rings. The molecule has 0 aliphatic carbocycles. The van der Waals surface area contributed by atoms with Crippen LogP contribution in [0, 0.1) is 0 Å². The molecule has 0 aromatic rings. The van der Waals surface area contributed by atoms with Crippen LogP contribution in [0.2, 0.25) is 0 Å². The van der Waals surface area contributed by atoms with Crippen LogP contribution < -0.4 is 0 Å². The van der Waals surface area contributed by atoms with Gasteiger partial charge in [-0.2, -0.15) is 0 Å². The van der Waals surface area contributed by atoms with Crippen LogP contribution in [0.4, 0.5) is 0 Å². The maximum Gasteiger partial charge on any atom is 0.474 e. The van der Waals surface area contributed by atoms with E-state index < -0.39 is 7.82 Å². The van der Waals surface area contributed by atoms with E-state index in [1.807, 2.05) is 0 Å². The van der Waals surface area contributed by atoms with Crippen LogP contribution in [0.3, 0.4) is 0 Å². The summed E-state index contributed by atoms with van der Waals surface area (Å²) < 4.78 is 28.6. The third-order valence-electron chi connectivity index (χ3n) is 3.05. The Morgan fingerprint density at radius 3 is 1.65 bits per heavy atom. The maximum atomic E-state index is 12.4. The average molecular weight is 309 g/mol. The maximum absolute atomic E-state index is 12.4. The van der Waals surface area contributed by atoms with Gasteiger partial charge in [0, 0.05) is 6.54 Å². The van der Waals surface area contributed by atoms with E-state index in [9.17, 15) is 4.57 Å². The smallest absolute Gasteiger partial charge is 0.302 e. The summed E-state index contributed by atoms with van der Waals surface area (Å²) in [5.41, 5.74) is 0. The van der Waals surface area contributed by atoms with Crippen molar-refractivity contribution >= 4 is 7.82 Å². The first-order chi connectivity index (χ1) is 9.61. The lowest BCUT2D eigenvalue weighted by Gasteiger charge is -2.21. The highest BCUT2D eigenvalue weighted by Crippen LogP contribution is 2.49. The monoisotopic (exact) mass is 309 g/mol. The van der Waals surface area contributed by atoms with Crippen molar-refractivity contribution in [1.82, 2.24) is 4.90 Å². The first kappa shape index (κ1) is 20.1. The van der Waals surface area contributed by atoms with Crippen LogP contribution in [0.1, 0.15) is 53.4 Å². The van der Waals surface area contributed by atoms with Gasteiger partial charge in [-0.25, -0.2) is 4.57 Å². The molecule has 0 unspecified atom stereocenters. The van der Waals surface area contributed by atoms with Gasteiger partial charge in [0.05, 0.1) is 19.8 Å². The minimum atomic E-state index is -3.38. The Morgan fingerprint density at radius 2 is 1.25 bits per heavy atom. The molecule has 0 saturated heterocycles. The molecule has 5 nitrogen and oxygen atoms in total. The minimum Gasteiger partial charge on any atom is -0.302 e. The van der Waals surface area contributed by atoms with Crippen LogP contribution >= 0.6 is 7.82 Å². The molecule has 0 aromatic carbocycles. The summed E-state index contributed by atoms with van der Waals surface area (Å²) in [6.07, 6.45) is 3.71. The molecule has 0 aliphatic heterocycles. The van der Waals surface area contributed by atoms with Gasteiger partial charge in [0.15, 0.2) is 0 Å². The van der Waals surface area contributed by atoms with Crippen molar-refractivity contribution in [3.05, 3.63) is 0 Å². The van der Waals surface area contributed by atoms with Crippen molar-refractivity contribution in [2.75, 3.05) is 39.5 Å². The van der Waals surface area contributed by atoms with Gasteiger partial charge < -0.3 is 4.90 Å². The summed E-state index contributed by atoms with van der Waals surface area (Å²) in [7, 11) is -3.38. The zero-order chi connectivity index (χ0) is 15.3. The number of rotatable bonds is 14. The molecule has 0 spiro atoms. The van der Waals surface area contributed by atoms with Crippen LogP contribution in [0.5, 0.6) is 0 Å². The van der Waals surface area contributed by atoms with E-state index in [1.165, 1.54) is 0 Å². The Kier molecular flexibility index (Phi) is 12.8. The summed E-state index contributed by atoms with van der Waals surface area (Å²) in [6, 6.07) is 0. The van der Waals surface area contributed by atoms with E-state index >= 15 is 0 Å². The van der Waals surface area contributed by atoms with Crippen molar-refractivity contribution in [2.24, 2.45) is 0 Å². The van der Waals surface area contributed by atoms with Crippen molar-refractivity contribution in [1.29, 1.82) is 0 Å². The SMILES string of the molecule is CCCCOP(=O)(OCCCC)OCCN(CC)CC. The molecule has 0 saturated carbocycles. The quantitative estimate of drug-likeness (QED) is 0.357. The summed E-state index contributed by atoms with van der Waals surface area (Å²) >= 11 is 0. The second-order valence-electron chi connectivity index (χ2n) is 4.68. The Balaban J connectivity index is 4.17. The van der Waals surface area contributed by atoms with Gasteiger partial charge >= 0.3 is 7.82 Å². The molecular weight excluding hydrogens is 277 g/mol. The van der Waals surface area contributed by atoms with Gasteiger partial charge in [0.25, 0.3) is 0 Å². The standard InChI is InChI=1S/C14H32NO4P/c1-5-9-12-17-20(16,18-13-10-6-2)19-14-11-15(7-3)8-4/h5-14H2,1-4H3. The summed E-state index contributed by atoms with van der Waals surface area (Å²) in [4.78, 5) is 2.21. The molecule has 0 rings (SSSR count). The fourth-order valence-electron chi connectivity index (χ4n) is 1.57. The van der Waals surface area contributed by atoms with Crippen molar-refractivity contribution < 1.29 is 18.1 Å². The lowest BCUT2D eigenvalue weighted by molar-refractivity contribution is 0.101. The Hall–Kier alpha value is 0.0700. The number of phosphoric ester groups is 1. The molecule has 0 aliphatic rings. The first-order valence-electron chi connectivity index (χ1n) is 7.87. The van der Waals surface area contributed by atoms with E-state index in [1.54, 1.807) is 0 Å². The largest absolute Gasteiger partial charge is 0.474 e. The van der Waals surface area contributed by atoms with Gasteiger partial charge in [-0.05, 0) is 25.9 Å². The third-order valence-corrected chi connectivity index (χ3v) is 4.54. The third kappa shape index (κ3) is 9.89. The van der Waals surface area contributed by atoms with E-state index in [0.29, 0.717) is 19.8 Å². The minimum absolute atomic E-state index is 0.372. The summed E-state index contributed by atoms with van der Waals surface area (Å²) in [5.74, 6) is 0. The first-order valence-corrected chi connectivity index (χ1v) is 9.33. The second-order valence-corrected chi connectivity index (χ2v) is 6.35. The summed E-state index contributed by atoms with van der Waals surface area (Å²) in [5, 5.41) is 0. The average Bonchev–Trinajstić information content (AvgIpc) is 2.44. The van der Waals surface area contributed by atoms with Gasteiger partial charge in [-0.1, -0.05) is 40.5 Å². The van der Waals surface area contributed by atoms with Gasteiger partial charge in [-0.15, -0.1) is 0 Å². The van der Waals surface area contributed by atoms with Gasteiger partial charge in [0.1, 0.15) is 0 Å². The van der Waals surface area contributed by atoms with Crippen LogP contribution in [0.15, 0.2) is 0 Å². The highest BCUT2D eigenvalue weighted by molar-refractivity contribution is 7.48. The van der Waals surface area contributed by atoms with Gasteiger partial charge in [0.2, 0.25) is 0 Å². The molecule has 0 aromatic heterocycles. The number of unbranched alkanes of at least 4 members (excludes halogenated alkanes) is 2. The highest BCUT2D eigenvalue weighted by atomic mass is 31.2. The lowest BCUT2D eigenvalue weighted by atomic mass is 10.4. The topological polar surface area (TPSA) is 48.0 Å². The van der Waals surface area contributed by atoms with E-state index in [4.69, 9.17) is 13.6 Å². The predicted molar refractivity (Wildman–Crippen MR) is 83.1 cm³/mol. The molecule has 122 valence electrons. The molecule has 0 N–H and O–H groups in total. The zero-order valence-corrected chi connectivity index (χ0v) is 14.5. The molecule has 0 heterocycles. The fraction of sp³-hybridized carbons (Fsp3) is 1.00. The van der Waals surface area contributed by atoms with Crippen LogP contribution in [-0.4, -0.2) is 44.4 Å². The van der Waals surface area contributed by atoms with Crippen molar-refractivity contribution in [2.45, 2.75) is 53.4 Å². The van der Waals surface area contributed by atoms with E-state index in [-0.39, 0.29) is 0 Å². The molecule has 0 radical (unpaired) electrons. The molecule has 0 bridgehead atoms. The van der Waals surface area contributed by atoms with Crippen molar-refractivity contribution in [3.63, 3.8) is 0 Å². The molecule has 6 heteroatoms. The number of phosphoric acid groups is 1. The summed E-state index contributed by atoms with van der Waals surface area (Å²) in [6.45, 7) is 12.2. The highest BCUT2D eigenvalue weighted by Gasteiger charge is 2.26. The molecule has 0 atom stereocenters. The van der Waals surface area contributed by atoms with Crippen molar-refractivity contribution in [3.8, 4) is 0 Å². The normalized spacial score (nSPS) is 12.2. The van der Waals surface area contributed by atoms with Crippen LogP contribution in [-0.2, 0) is 18.1 Å². The number of hydrogen-bond donors (Lipinski definition) is 0. The molecule has 0 amide bonds. The number of hydrogen-bond acceptors (Lipinski definition) is 5. The second kappa shape index (κ2) is 12.8. The Morgan fingerprint density at radius 1 is 0.800 bits per heavy atom. The van der Waals surface area contributed by atoms with E-state index in [2.05, 4.69) is 32.6 Å².